The molecule has 25 heavy (non-hydrogen) atoms. The zero-order valence-corrected chi connectivity index (χ0v) is 14.5. The van der Waals surface area contributed by atoms with Gasteiger partial charge in [-0.15, -0.1) is 0 Å². The van der Waals surface area contributed by atoms with E-state index in [-0.39, 0.29) is 12.8 Å². The molecule has 5 nitrogen and oxygen atoms in total. The standard InChI is InChI=1S/C20H22O5/c1-23-17-9-3-15(4-10-17)7-13-19(21)25-20(22)14-8-16-5-11-18(24-2)12-6-16/h3-6,9-12H,7-8,13-14H2,1-2H3. The minimum absolute atomic E-state index is 0.167. The van der Waals surface area contributed by atoms with Gasteiger partial charge in [-0.1, -0.05) is 24.3 Å². The van der Waals surface area contributed by atoms with Crippen LogP contribution in [0.3, 0.4) is 0 Å². The van der Waals surface area contributed by atoms with Gasteiger partial charge in [0.05, 0.1) is 27.1 Å². The maximum Gasteiger partial charge on any atom is 0.313 e. The van der Waals surface area contributed by atoms with E-state index in [2.05, 4.69) is 0 Å². The van der Waals surface area contributed by atoms with Crippen molar-refractivity contribution in [2.24, 2.45) is 0 Å². The number of benzene rings is 2. The van der Waals surface area contributed by atoms with Crippen molar-refractivity contribution in [2.45, 2.75) is 25.7 Å². The summed E-state index contributed by atoms with van der Waals surface area (Å²) in [6, 6.07) is 14.9. The maximum atomic E-state index is 11.8. The number of aryl methyl sites for hydroxylation is 2. The van der Waals surface area contributed by atoms with Crippen LogP contribution in [0, 0.1) is 0 Å². The fourth-order valence-electron chi connectivity index (χ4n) is 2.31. The van der Waals surface area contributed by atoms with Crippen molar-refractivity contribution in [3.63, 3.8) is 0 Å². The Morgan fingerprint density at radius 1 is 0.680 bits per heavy atom. The van der Waals surface area contributed by atoms with Gasteiger partial charge in [0.15, 0.2) is 0 Å². The molecule has 2 aromatic carbocycles. The molecule has 0 N–H and O–H groups in total. The zero-order valence-electron chi connectivity index (χ0n) is 14.5. The number of carbonyl (C=O) groups is 2. The predicted octanol–water partition coefficient (Wildman–Crippen LogP) is 3.34. The number of methoxy groups -OCH3 is 2. The van der Waals surface area contributed by atoms with Gasteiger partial charge in [-0.25, -0.2) is 0 Å². The fourth-order valence-corrected chi connectivity index (χ4v) is 2.31. The van der Waals surface area contributed by atoms with E-state index in [4.69, 9.17) is 14.2 Å². The second-order valence-corrected chi connectivity index (χ2v) is 5.54. The van der Waals surface area contributed by atoms with Gasteiger partial charge in [0.1, 0.15) is 11.5 Å². The van der Waals surface area contributed by atoms with Crippen LogP contribution in [0.1, 0.15) is 24.0 Å². The molecule has 0 saturated heterocycles. The van der Waals surface area contributed by atoms with Crippen LogP contribution >= 0.6 is 0 Å². The molecule has 2 rings (SSSR count). The molecule has 0 aliphatic heterocycles. The Morgan fingerprint density at radius 3 is 1.36 bits per heavy atom. The molecule has 0 saturated carbocycles. The van der Waals surface area contributed by atoms with Crippen LogP contribution in [-0.2, 0) is 27.2 Å². The molecule has 2 aromatic rings. The normalized spacial score (nSPS) is 10.2. The SMILES string of the molecule is COc1ccc(CCC(=O)OC(=O)CCc2ccc(OC)cc2)cc1. The highest BCUT2D eigenvalue weighted by Crippen LogP contribution is 2.14. The van der Waals surface area contributed by atoms with Gasteiger partial charge in [-0.2, -0.15) is 0 Å². The lowest BCUT2D eigenvalue weighted by molar-refractivity contribution is -0.159. The van der Waals surface area contributed by atoms with E-state index in [1.54, 1.807) is 14.2 Å². The summed E-state index contributed by atoms with van der Waals surface area (Å²) in [4.78, 5) is 23.5. The fraction of sp³-hybridized carbons (Fsp3) is 0.300. The molecule has 0 atom stereocenters. The second-order valence-electron chi connectivity index (χ2n) is 5.54. The van der Waals surface area contributed by atoms with Gasteiger partial charge >= 0.3 is 11.9 Å². The summed E-state index contributed by atoms with van der Waals surface area (Å²) in [5, 5.41) is 0. The third-order valence-electron chi connectivity index (χ3n) is 3.78. The Balaban J connectivity index is 1.70. The van der Waals surface area contributed by atoms with Gasteiger partial charge in [0, 0.05) is 0 Å². The van der Waals surface area contributed by atoms with Crippen molar-refractivity contribution in [2.75, 3.05) is 14.2 Å². The van der Waals surface area contributed by atoms with E-state index in [1.807, 2.05) is 48.5 Å². The first-order chi connectivity index (χ1) is 12.1. The third kappa shape index (κ3) is 6.30. The molecule has 0 radical (unpaired) electrons. The maximum absolute atomic E-state index is 11.8. The largest absolute Gasteiger partial charge is 0.497 e. The number of ether oxygens (including phenoxy) is 3. The summed E-state index contributed by atoms with van der Waals surface area (Å²) in [5.41, 5.74) is 1.98. The molecule has 0 heterocycles. The summed E-state index contributed by atoms with van der Waals surface area (Å²) >= 11 is 0. The van der Waals surface area contributed by atoms with E-state index < -0.39 is 11.9 Å². The lowest BCUT2D eigenvalue weighted by atomic mass is 10.1. The van der Waals surface area contributed by atoms with Crippen LogP contribution in [0.25, 0.3) is 0 Å². The van der Waals surface area contributed by atoms with Gasteiger partial charge in [-0.05, 0) is 48.2 Å². The lowest BCUT2D eigenvalue weighted by Crippen LogP contribution is -2.13. The molecular weight excluding hydrogens is 320 g/mol. The predicted molar refractivity (Wildman–Crippen MR) is 93.7 cm³/mol. The van der Waals surface area contributed by atoms with Crippen LogP contribution in [-0.4, -0.2) is 26.2 Å². The molecule has 0 aromatic heterocycles. The van der Waals surface area contributed by atoms with Crippen molar-refractivity contribution in [1.82, 2.24) is 0 Å². The monoisotopic (exact) mass is 342 g/mol. The van der Waals surface area contributed by atoms with Gasteiger partial charge in [0.25, 0.3) is 0 Å². The van der Waals surface area contributed by atoms with E-state index in [0.29, 0.717) is 12.8 Å². The molecule has 5 heteroatoms. The first kappa shape index (κ1) is 18.5. The third-order valence-corrected chi connectivity index (χ3v) is 3.78. The lowest BCUT2D eigenvalue weighted by Gasteiger charge is -2.05. The number of carbonyl (C=O) groups excluding carboxylic acids is 2. The topological polar surface area (TPSA) is 61.8 Å². The quantitative estimate of drug-likeness (QED) is 0.544. The van der Waals surface area contributed by atoms with Crippen LogP contribution in [0.2, 0.25) is 0 Å². The van der Waals surface area contributed by atoms with E-state index >= 15 is 0 Å². The van der Waals surface area contributed by atoms with Crippen molar-refractivity contribution in [3.8, 4) is 11.5 Å². The van der Waals surface area contributed by atoms with Crippen molar-refractivity contribution in [1.29, 1.82) is 0 Å². The number of esters is 2. The van der Waals surface area contributed by atoms with Crippen molar-refractivity contribution >= 4 is 11.9 Å². The Morgan fingerprint density at radius 2 is 1.04 bits per heavy atom. The van der Waals surface area contributed by atoms with Crippen LogP contribution < -0.4 is 9.47 Å². The van der Waals surface area contributed by atoms with Crippen molar-refractivity contribution in [3.05, 3.63) is 59.7 Å². The Kier molecular flexibility index (Phi) is 7.01. The average Bonchev–Trinajstić information content (AvgIpc) is 2.65. The first-order valence-electron chi connectivity index (χ1n) is 8.10. The highest BCUT2D eigenvalue weighted by atomic mass is 16.6. The summed E-state index contributed by atoms with van der Waals surface area (Å²) < 4.78 is 15.0. The Bertz CT molecular complexity index is 628. The zero-order chi connectivity index (χ0) is 18.1. The second kappa shape index (κ2) is 9.47. The summed E-state index contributed by atoms with van der Waals surface area (Å²) in [6.45, 7) is 0. The average molecular weight is 342 g/mol. The summed E-state index contributed by atoms with van der Waals surface area (Å²) in [7, 11) is 3.20. The number of hydrogen-bond acceptors (Lipinski definition) is 5. The summed E-state index contributed by atoms with van der Waals surface area (Å²) in [5.74, 6) is 0.520. The van der Waals surface area contributed by atoms with Gasteiger partial charge in [0.2, 0.25) is 0 Å². The van der Waals surface area contributed by atoms with Crippen LogP contribution in [0.4, 0.5) is 0 Å². The molecule has 132 valence electrons. The van der Waals surface area contributed by atoms with E-state index in [0.717, 1.165) is 22.6 Å². The number of rotatable bonds is 8. The molecule has 0 bridgehead atoms. The Hall–Kier alpha value is -2.82. The first-order valence-corrected chi connectivity index (χ1v) is 8.10. The minimum atomic E-state index is -0.504. The van der Waals surface area contributed by atoms with E-state index in [1.165, 1.54) is 0 Å². The molecule has 0 amide bonds. The van der Waals surface area contributed by atoms with Gasteiger partial charge in [-0.3, -0.25) is 9.59 Å². The molecular formula is C20H22O5. The Labute approximate surface area is 147 Å². The van der Waals surface area contributed by atoms with Gasteiger partial charge < -0.3 is 14.2 Å². The minimum Gasteiger partial charge on any atom is -0.497 e. The molecule has 0 spiro atoms. The smallest absolute Gasteiger partial charge is 0.313 e. The van der Waals surface area contributed by atoms with Crippen LogP contribution in [0.5, 0.6) is 11.5 Å². The molecule has 0 fully saturated rings. The molecule has 0 aliphatic rings. The van der Waals surface area contributed by atoms with E-state index in [9.17, 15) is 9.59 Å². The van der Waals surface area contributed by atoms with Crippen LogP contribution in [0.15, 0.2) is 48.5 Å². The number of hydrogen-bond donors (Lipinski definition) is 0. The molecule has 0 unspecified atom stereocenters. The highest BCUT2D eigenvalue weighted by Gasteiger charge is 2.11. The van der Waals surface area contributed by atoms with Crippen molar-refractivity contribution < 1.29 is 23.8 Å². The highest BCUT2D eigenvalue weighted by molar-refractivity contribution is 5.85. The molecule has 0 aliphatic carbocycles. The summed E-state index contributed by atoms with van der Waals surface area (Å²) in [6.07, 6.45) is 1.38.